The zero-order chi connectivity index (χ0) is 69.3. The van der Waals surface area contributed by atoms with Crippen LogP contribution in [0.5, 0.6) is 0 Å². The first-order valence-corrected chi connectivity index (χ1v) is 42.0. The van der Waals surface area contributed by atoms with Gasteiger partial charge in [-0.2, -0.15) is 0 Å². The van der Waals surface area contributed by atoms with Crippen molar-refractivity contribution in [3.8, 4) is 0 Å². The average molecular weight is 1380 g/mol. The maximum absolute atomic E-state index is 13.1. The fourth-order valence-electron chi connectivity index (χ4n) is 11.4. The molecular weight excluding hydrogens is 1230 g/mol. The third kappa shape index (κ3) is 67.3. The molecular formula is C75H146O17P2. The summed E-state index contributed by atoms with van der Waals surface area (Å²) in [5.74, 6) is -0.491. The van der Waals surface area contributed by atoms with Gasteiger partial charge in [0.1, 0.15) is 19.3 Å². The number of esters is 4. The van der Waals surface area contributed by atoms with Crippen LogP contribution in [0.4, 0.5) is 0 Å². The molecule has 19 heteroatoms. The topological polar surface area (TPSA) is 237 Å². The maximum atomic E-state index is 13.1. The number of carbonyl (C=O) groups excluding carboxylic acids is 4. The zero-order valence-corrected chi connectivity index (χ0v) is 63.1. The highest BCUT2D eigenvalue weighted by molar-refractivity contribution is 7.47. The lowest BCUT2D eigenvalue weighted by Crippen LogP contribution is -2.30. The molecule has 0 amide bonds. The van der Waals surface area contributed by atoms with Crippen molar-refractivity contribution in [2.24, 2.45) is 11.8 Å². The largest absolute Gasteiger partial charge is 0.472 e. The quantitative estimate of drug-likeness (QED) is 0.0222. The van der Waals surface area contributed by atoms with Gasteiger partial charge in [0.05, 0.1) is 26.4 Å². The van der Waals surface area contributed by atoms with Crippen LogP contribution in [0.25, 0.3) is 0 Å². The number of hydrogen-bond acceptors (Lipinski definition) is 15. The third-order valence-electron chi connectivity index (χ3n) is 17.8. The molecule has 0 saturated carbocycles. The van der Waals surface area contributed by atoms with Crippen LogP contribution < -0.4 is 0 Å². The molecule has 3 unspecified atom stereocenters. The van der Waals surface area contributed by atoms with E-state index < -0.39 is 97.5 Å². The number of aliphatic hydroxyl groups is 1. The van der Waals surface area contributed by atoms with Crippen molar-refractivity contribution in [2.75, 3.05) is 39.6 Å². The summed E-state index contributed by atoms with van der Waals surface area (Å²) in [5.41, 5.74) is 0. The smallest absolute Gasteiger partial charge is 0.462 e. The molecule has 0 rings (SSSR count). The Labute approximate surface area is 575 Å². The number of hydrogen-bond donors (Lipinski definition) is 3. The molecule has 0 aliphatic rings. The Morgan fingerprint density at radius 3 is 0.809 bits per heavy atom. The monoisotopic (exact) mass is 1380 g/mol. The Morgan fingerprint density at radius 2 is 0.543 bits per heavy atom. The highest BCUT2D eigenvalue weighted by atomic mass is 31.2. The molecule has 0 fully saturated rings. The van der Waals surface area contributed by atoms with E-state index in [0.29, 0.717) is 25.7 Å². The number of unbranched alkanes of at least 4 members (excludes halogenated alkanes) is 43. The number of aliphatic hydroxyl groups excluding tert-OH is 1. The minimum absolute atomic E-state index is 0.107. The summed E-state index contributed by atoms with van der Waals surface area (Å²) in [6.45, 7) is 9.62. The first-order valence-electron chi connectivity index (χ1n) is 39.0. The highest BCUT2D eigenvalue weighted by Gasteiger charge is 2.30. The van der Waals surface area contributed by atoms with Crippen LogP contribution in [0.1, 0.15) is 388 Å². The molecule has 17 nitrogen and oxygen atoms in total. The van der Waals surface area contributed by atoms with Crippen LogP contribution in [-0.2, 0) is 65.4 Å². The normalized spacial score (nSPS) is 14.3. The summed E-state index contributed by atoms with van der Waals surface area (Å²) in [7, 11) is -9.90. The molecule has 0 aliphatic carbocycles. The Morgan fingerprint density at radius 1 is 0.309 bits per heavy atom. The van der Waals surface area contributed by atoms with Gasteiger partial charge in [-0.1, -0.05) is 337 Å². The fraction of sp³-hybridized carbons (Fsp3) is 0.947. The van der Waals surface area contributed by atoms with Crippen LogP contribution in [0.2, 0.25) is 0 Å². The number of carbonyl (C=O) groups is 4. The summed E-state index contributed by atoms with van der Waals surface area (Å²) in [5, 5.41) is 10.6. The van der Waals surface area contributed by atoms with Gasteiger partial charge in [0, 0.05) is 25.7 Å². The third-order valence-corrected chi connectivity index (χ3v) is 19.7. The minimum atomic E-state index is -4.96. The molecule has 0 radical (unpaired) electrons. The highest BCUT2D eigenvalue weighted by Crippen LogP contribution is 2.45. The van der Waals surface area contributed by atoms with Crippen molar-refractivity contribution in [3.63, 3.8) is 0 Å². The first kappa shape index (κ1) is 92.1. The Hall–Kier alpha value is -1.94. The average Bonchev–Trinajstić information content (AvgIpc) is 1.43. The first-order chi connectivity index (χ1) is 45.4. The predicted molar refractivity (Wildman–Crippen MR) is 381 cm³/mol. The van der Waals surface area contributed by atoms with Crippen molar-refractivity contribution >= 4 is 39.5 Å². The van der Waals surface area contributed by atoms with Crippen LogP contribution in [0.3, 0.4) is 0 Å². The van der Waals surface area contributed by atoms with E-state index in [1.54, 1.807) is 0 Å². The molecule has 0 spiro atoms. The van der Waals surface area contributed by atoms with E-state index in [9.17, 15) is 43.2 Å². The summed E-state index contributed by atoms with van der Waals surface area (Å²) < 4.78 is 68.4. The van der Waals surface area contributed by atoms with Gasteiger partial charge in [-0.25, -0.2) is 9.13 Å². The molecule has 0 heterocycles. The summed E-state index contributed by atoms with van der Waals surface area (Å²) in [6, 6.07) is 0. The molecule has 0 saturated heterocycles. The van der Waals surface area contributed by atoms with Gasteiger partial charge in [0.25, 0.3) is 0 Å². The standard InChI is InChI=1S/C75H146O17P2/c1-7-10-12-14-16-18-27-35-41-47-53-59-74(79)91-70(63-85-72(77)57-51-45-39-17-15-13-11-8-2)65-89-93(81,82)87-61-69(76)62-88-94(83,84)90-66-71(64-86-73(78)58-52-46-40-34-31-30-32-37-43-49-55-67(4)5)92-75(80)60-54-48-42-36-29-26-24-22-20-19-21-23-25-28-33-38-44-50-56-68(6)9-3/h67-71,76H,7-66H2,1-6H3,(H,81,82)(H,83,84)/t68?,69-,70+,71+/m0/s1. The fourth-order valence-corrected chi connectivity index (χ4v) is 13.0. The van der Waals surface area contributed by atoms with Crippen LogP contribution in [0.15, 0.2) is 0 Å². The molecule has 6 atom stereocenters. The molecule has 3 N–H and O–H groups in total. The summed E-state index contributed by atoms with van der Waals surface area (Å²) >= 11 is 0. The van der Waals surface area contributed by atoms with Gasteiger partial charge in [0.15, 0.2) is 12.2 Å². The molecule has 0 bridgehead atoms. The minimum Gasteiger partial charge on any atom is -0.462 e. The Bertz CT molecular complexity index is 1820. The second kappa shape index (κ2) is 66.9. The predicted octanol–water partition coefficient (Wildman–Crippen LogP) is 21.9. The van der Waals surface area contributed by atoms with Crippen LogP contribution in [0, 0.1) is 11.8 Å². The molecule has 558 valence electrons. The SMILES string of the molecule is CCCCCCCCCCCCCC(=O)O[C@H](COC(=O)CCCCCCCCCC)COP(=O)(O)OC[C@H](O)COP(=O)(O)OC[C@@H](COC(=O)CCCCCCCCCCCCC(C)C)OC(=O)CCCCCCCCCCCCCCCCCCCCC(C)CC. The lowest BCUT2D eigenvalue weighted by atomic mass is 9.99. The number of phosphoric ester groups is 2. The van der Waals surface area contributed by atoms with E-state index in [2.05, 4.69) is 41.5 Å². The van der Waals surface area contributed by atoms with Gasteiger partial charge in [-0.05, 0) is 37.5 Å². The molecule has 0 aromatic heterocycles. The molecule has 0 aliphatic heterocycles. The van der Waals surface area contributed by atoms with Crippen LogP contribution >= 0.6 is 15.6 Å². The van der Waals surface area contributed by atoms with E-state index in [0.717, 1.165) is 108 Å². The number of phosphoric acid groups is 2. The van der Waals surface area contributed by atoms with Crippen molar-refractivity contribution in [2.45, 2.75) is 407 Å². The second-order valence-corrected chi connectivity index (χ2v) is 30.7. The van der Waals surface area contributed by atoms with Gasteiger partial charge >= 0.3 is 39.5 Å². The lowest BCUT2D eigenvalue weighted by molar-refractivity contribution is -0.161. The maximum Gasteiger partial charge on any atom is 0.472 e. The van der Waals surface area contributed by atoms with Gasteiger partial charge in [0.2, 0.25) is 0 Å². The van der Waals surface area contributed by atoms with Crippen LogP contribution in [-0.4, -0.2) is 96.7 Å². The summed E-state index contributed by atoms with van der Waals surface area (Å²) in [6.07, 6.45) is 54.2. The van der Waals surface area contributed by atoms with Gasteiger partial charge in [-0.3, -0.25) is 37.3 Å². The molecule has 94 heavy (non-hydrogen) atoms. The molecule has 0 aromatic carbocycles. The van der Waals surface area contributed by atoms with Crippen molar-refractivity contribution in [1.82, 2.24) is 0 Å². The second-order valence-electron chi connectivity index (χ2n) is 27.8. The van der Waals surface area contributed by atoms with E-state index in [1.807, 2.05) is 0 Å². The van der Waals surface area contributed by atoms with E-state index in [1.165, 1.54) is 199 Å². The Balaban J connectivity index is 5.16. The van der Waals surface area contributed by atoms with Crippen molar-refractivity contribution in [3.05, 3.63) is 0 Å². The van der Waals surface area contributed by atoms with E-state index in [4.69, 9.17) is 37.0 Å². The zero-order valence-electron chi connectivity index (χ0n) is 61.3. The van der Waals surface area contributed by atoms with E-state index >= 15 is 0 Å². The van der Waals surface area contributed by atoms with E-state index in [-0.39, 0.29) is 25.7 Å². The number of ether oxygens (including phenoxy) is 4. The lowest BCUT2D eigenvalue weighted by Gasteiger charge is -2.21. The number of rotatable bonds is 74. The summed E-state index contributed by atoms with van der Waals surface area (Å²) in [4.78, 5) is 72.6. The Kier molecular flexibility index (Phi) is 65.5. The molecule has 0 aromatic rings. The van der Waals surface area contributed by atoms with Crippen molar-refractivity contribution < 1.29 is 80.2 Å². The van der Waals surface area contributed by atoms with Gasteiger partial charge in [-0.15, -0.1) is 0 Å². The van der Waals surface area contributed by atoms with Crippen molar-refractivity contribution in [1.29, 1.82) is 0 Å². The van der Waals surface area contributed by atoms with Gasteiger partial charge < -0.3 is 33.8 Å².